The second-order valence-corrected chi connectivity index (χ2v) is 7.55. The molecule has 2 aromatic heterocycles. The van der Waals surface area contributed by atoms with Crippen molar-refractivity contribution >= 4 is 11.8 Å². The highest BCUT2D eigenvalue weighted by molar-refractivity contribution is 5.91. The van der Waals surface area contributed by atoms with Crippen molar-refractivity contribution in [3.05, 3.63) is 71.4 Å². The van der Waals surface area contributed by atoms with E-state index in [2.05, 4.69) is 5.10 Å². The molecule has 0 saturated carbocycles. The summed E-state index contributed by atoms with van der Waals surface area (Å²) in [7, 11) is 0. The van der Waals surface area contributed by atoms with Gasteiger partial charge in [0.25, 0.3) is 5.91 Å². The van der Waals surface area contributed by atoms with E-state index in [1.807, 2.05) is 53.8 Å². The van der Waals surface area contributed by atoms with Crippen LogP contribution in [0.2, 0.25) is 0 Å². The maximum Gasteiger partial charge on any atom is 0.289 e. The van der Waals surface area contributed by atoms with Crippen LogP contribution in [0.15, 0.2) is 53.1 Å². The van der Waals surface area contributed by atoms with E-state index in [0.717, 1.165) is 22.6 Å². The van der Waals surface area contributed by atoms with Gasteiger partial charge in [0.15, 0.2) is 5.76 Å². The molecule has 0 radical (unpaired) electrons. The molecule has 1 aromatic carbocycles. The van der Waals surface area contributed by atoms with E-state index in [1.165, 1.54) is 6.26 Å². The topological polar surface area (TPSA) is 71.6 Å². The number of carbonyl (C=O) groups is 2. The maximum absolute atomic E-state index is 12.8. The molecular formula is C23H26N4O3. The van der Waals surface area contributed by atoms with Gasteiger partial charge in [0.05, 0.1) is 17.6 Å². The molecule has 7 heteroatoms. The fourth-order valence-corrected chi connectivity index (χ4v) is 3.96. The van der Waals surface area contributed by atoms with Gasteiger partial charge in [-0.1, -0.05) is 18.2 Å². The molecule has 0 unspecified atom stereocenters. The molecule has 2 amide bonds. The van der Waals surface area contributed by atoms with Gasteiger partial charge in [-0.15, -0.1) is 0 Å². The van der Waals surface area contributed by atoms with Crippen molar-refractivity contribution in [2.75, 3.05) is 26.2 Å². The van der Waals surface area contributed by atoms with Crippen molar-refractivity contribution < 1.29 is 14.0 Å². The number of rotatable bonds is 5. The number of aryl methyl sites for hydroxylation is 1. The first-order valence-corrected chi connectivity index (χ1v) is 10.3. The highest BCUT2D eigenvalue weighted by atomic mass is 16.3. The Bertz CT molecular complexity index is 1020. The largest absolute Gasteiger partial charge is 0.459 e. The summed E-state index contributed by atoms with van der Waals surface area (Å²) in [6, 6.07) is 13.4. The SMILES string of the molecule is Cc1nn(-c2ccccc2)c(C)c1CCC(=O)N1CCN(C(=O)c2ccco2)CC1. The Morgan fingerprint density at radius 2 is 1.67 bits per heavy atom. The van der Waals surface area contributed by atoms with Crippen molar-refractivity contribution in [2.45, 2.75) is 26.7 Å². The lowest BCUT2D eigenvalue weighted by Crippen LogP contribution is -2.50. The first-order chi connectivity index (χ1) is 14.5. The molecule has 4 rings (SSSR count). The summed E-state index contributed by atoms with van der Waals surface area (Å²) in [5.41, 5.74) is 4.17. The highest BCUT2D eigenvalue weighted by Crippen LogP contribution is 2.20. The molecule has 0 bridgehead atoms. The number of furan rings is 1. The Morgan fingerprint density at radius 3 is 2.33 bits per heavy atom. The van der Waals surface area contributed by atoms with E-state index in [1.54, 1.807) is 17.0 Å². The standard InChI is InChI=1S/C23H26N4O3/c1-17-20(18(2)27(24-17)19-7-4-3-5-8-19)10-11-22(28)25-12-14-26(15-13-25)23(29)21-9-6-16-30-21/h3-9,16H,10-15H2,1-2H3. The molecule has 30 heavy (non-hydrogen) atoms. The first kappa shape index (κ1) is 19.9. The maximum atomic E-state index is 12.8. The van der Waals surface area contributed by atoms with Gasteiger partial charge in [0.1, 0.15) is 0 Å². The number of piperazine rings is 1. The molecule has 0 aliphatic carbocycles. The van der Waals surface area contributed by atoms with Gasteiger partial charge in [0, 0.05) is 38.3 Å². The van der Waals surface area contributed by atoms with Crippen LogP contribution < -0.4 is 0 Å². The van der Waals surface area contributed by atoms with E-state index in [-0.39, 0.29) is 11.8 Å². The summed E-state index contributed by atoms with van der Waals surface area (Å²) in [6.07, 6.45) is 2.60. The third kappa shape index (κ3) is 4.01. The molecule has 7 nitrogen and oxygen atoms in total. The predicted molar refractivity (Wildman–Crippen MR) is 113 cm³/mol. The summed E-state index contributed by atoms with van der Waals surface area (Å²) >= 11 is 0. The van der Waals surface area contributed by atoms with Crippen molar-refractivity contribution in [3.8, 4) is 5.69 Å². The number of benzene rings is 1. The monoisotopic (exact) mass is 406 g/mol. The van der Waals surface area contributed by atoms with Crippen LogP contribution in [-0.4, -0.2) is 57.6 Å². The summed E-state index contributed by atoms with van der Waals surface area (Å²) in [4.78, 5) is 28.7. The van der Waals surface area contributed by atoms with Crippen LogP contribution in [-0.2, 0) is 11.2 Å². The molecule has 1 fully saturated rings. The summed E-state index contributed by atoms with van der Waals surface area (Å²) in [5, 5.41) is 4.66. The smallest absolute Gasteiger partial charge is 0.289 e. The molecule has 1 aliphatic rings. The fourth-order valence-electron chi connectivity index (χ4n) is 3.96. The van der Waals surface area contributed by atoms with Crippen LogP contribution >= 0.6 is 0 Å². The number of nitrogens with zero attached hydrogens (tertiary/aromatic N) is 4. The lowest BCUT2D eigenvalue weighted by molar-refractivity contribution is -0.132. The Balaban J connectivity index is 1.34. The van der Waals surface area contributed by atoms with E-state index < -0.39 is 0 Å². The third-order valence-electron chi connectivity index (χ3n) is 5.68. The summed E-state index contributed by atoms with van der Waals surface area (Å²) in [6.45, 7) is 6.18. The second kappa shape index (κ2) is 8.57. The first-order valence-electron chi connectivity index (χ1n) is 10.3. The van der Waals surface area contributed by atoms with E-state index >= 15 is 0 Å². The van der Waals surface area contributed by atoms with Gasteiger partial charge >= 0.3 is 0 Å². The van der Waals surface area contributed by atoms with Crippen LogP contribution in [0.25, 0.3) is 5.69 Å². The van der Waals surface area contributed by atoms with E-state index in [0.29, 0.717) is 44.8 Å². The van der Waals surface area contributed by atoms with Gasteiger partial charge in [0.2, 0.25) is 5.91 Å². The van der Waals surface area contributed by atoms with Crippen LogP contribution in [0.1, 0.15) is 33.9 Å². The van der Waals surface area contributed by atoms with Crippen molar-refractivity contribution in [1.29, 1.82) is 0 Å². The van der Waals surface area contributed by atoms with Crippen LogP contribution in [0.5, 0.6) is 0 Å². The molecule has 0 atom stereocenters. The van der Waals surface area contributed by atoms with Gasteiger partial charge in [-0.2, -0.15) is 5.10 Å². The average molecular weight is 406 g/mol. The molecule has 3 aromatic rings. The zero-order valence-corrected chi connectivity index (χ0v) is 17.4. The number of hydrogen-bond donors (Lipinski definition) is 0. The Labute approximate surface area is 175 Å². The highest BCUT2D eigenvalue weighted by Gasteiger charge is 2.26. The van der Waals surface area contributed by atoms with Crippen molar-refractivity contribution in [3.63, 3.8) is 0 Å². The van der Waals surface area contributed by atoms with Crippen LogP contribution in [0.3, 0.4) is 0 Å². The number of aromatic nitrogens is 2. The number of para-hydroxylation sites is 1. The number of hydrogen-bond acceptors (Lipinski definition) is 4. The lowest BCUT2D eigenvalue weighted by Gasteiger charge is -2.34. The van der Waals surface area contributed by atoms with Crippen LogP contribution in [0, 0.1) is 13.8 Å². The lowest BCUT2D eigenvalue weighted by atomic mass is 10.1. The summed E-state index contributed by atoms with van der Waals surface area (Å²) in [5.74, 6) is 0.342. The van der Waals surface area contributed by atoms with Gasteiger partial charge in [-0.3, -0.25) is 9.59 Å². The minimum atomic E-state index is -0.119. The average Bonchev–Trinajstić information content (AvgIpc) is 3.41. The number of carbonyl (C=O) groups excluding carboxylic acids is 2. The summed E-state index contributed by atoms with van der Waals surface area (Å²) < 4.78 is 7.13. The van der Waals surface area contributed by atoms with E-state index in [9.17, 15) is 9.59 Å². The molecular weight excluding hydrogens is 380 g/mol. The minimum absolute atomic E-state index is 0.117. The van der Waals surface area contributed by atoms with Gasteiger partial charge in [-0.05, 0) is 50.1 Å². The van der Waals surface area contributed by atoms with Crippen molar-refractivity contribution in [2.24, 2.45) is 0 Å². The quantitative estimate of drug-likeness (QED) is 0.653. The normalized spacial score (nSPS) is 14.2. The minimum Gasteiger partial charge on any atom is -0.459 e. The Morgan fingerprint density at radius 1 is 0.967 bits per heavy atom. The Hall–Kier alpha value is -3.35. The zero-order valence-electron chi connectivity index (χ0n) is 17.4. The molecule has 3 heterocycles. The molecule has 1 saturated heterocycles. The molecule has 1 aliphatic heterocycles. The van der Waals surface area contributed by atoms with E-state index in [4.69, 9.17) is 4.42 Å². The molecule has 0 spiro atoms. The number of amides is 2. The molecule has 156 valence electrons. The second-order valence-electron chi connectivity index (χ2n) is 7.55. The van der Waals surface area contributed by atoms with Gasteiger partial charge in [-0.25, -0.2) is 4.68 Å². The van der Waals surface area contributed by atoms with Crippen molar-refractivity contribution in [1.82, 2.24) is 19.6 Å². The zero-order chi connectivity index (χ0) is 21.1. The van der Waals surface area contributed by atoms with Crippen LogP contribution in [0.4, 0.5) is 0 Å². The fraction of sp³-hybridized carbons (Fsp3) is 0.348. The third-order valence-corrected chi connectivity index (χ3v) is 5.68. The molecule has 0 N–H and O–H groups in total. The predicted octanol–water partition coefficient (Wildman–Crippen LogP) is 3.00. The Kier molecular flexibility index (Phi) is 5.70. The van der Waals surface area contributed by atoms with Gasteiger partial charge < -0.3 is 14.2 Å².